The van der Waals surface area contributed by atoms with Crippen LogP contribution in [0.4, 0.5) is 5.69 Å². The molecule has 0 bridgehead atoms. The average molecular weight is 248 g/mol. The highest BCUT2D eigenvalue weighted by Crippen LogP contribution is 2.18. The van der Waals surface area contributed by atoms with E-state index in [1.807, 2.05) is 6.92 Å². The molecule has 0 aliphatic carbocycles. The number of anilines is 1. The smallest absolute Gasteiger partial charge is 0.335 e. The lowest BCUT2D eigenvalue weighted by atomic mass is 10.0. The topological polar surface area (TPSA) is 78.4 Å². The molecule has 1 aromatic rings. The van der Waals surface area contributed by atoms with Crippen molar-refractivity contribution in [3.63, 3.8) is 0 Å². The van der Waals surface area contributed by atoms with Crippen LogP contribution in [0.2, 0.25) is 0 Å². The minimum atomic E-state index is -0.998. The summed E-state index contributed by atoms with van der Waals surface area (Å²) in [6, 6.07) is 6.44. The van der Waals surface area contributed by atoms with Crippen LogP contribution >= 0.6 is 0 Å². The third-order valence-electron chi connectivity index (χ3n) is 3.24. The van der Waals surface area contributed by atoms with Gasteiger partial charge in [-0.2, -0.15) is 0 Å². The zero-order chi connectivity index (χ0) is 13.1. The number of benzene rings is 1. The summed E-state index contributed by atoms with van der Waals surface area (Å²) in [6.45, 7) is 2.82. The molecule has 1 heterocycles. The Labute approximate surface area is 105 Å². The van der Waals surface area contributed by atoms with E-state index in [4.69, 9.17) is 5.11 Å². The van der Waals surface area contributed by atoms with Crippen LogP contribution < -0.4 is 10.6 Å². The third-order valence-corrected chi connectivity index (χ3v) is 3.24. The van der Waals surface area contributed by atoms with Crippen molar-refractivity contribution in [3.8, 4) is 0 Å². The van der Waals surface area contributed by atoms with Crippen LogP contribution in [0.3, 0.4) is 0 Å². The lowest BCUT2D eigenvalue weighted by Gasteiger charge is -2.15. The predicted octanol–water partition coefficient (Wildman–Crippen LogP) is 1.32. The van der Waals surface area contributed by atoms with Crippen molar-refractivity contribution in [2.45, 2.75) is 19.4 Å². The molecule has 96 valence electrons. The molecule has 2 atom stereocenters. The first-order chi connectivity index (χ1) is 8.58. The van der Waals surface area contributed by atoms with Crippen LogP contribution in [0.25, 0.3) is 0 Å². The molecule has 2 rings (SSSR count). The first-order valence-corrected chi connectivity index (χ1v) is 5.95. The van der Waals surface area contributed by atoms with E-state index in [1.165, 1.54) is 12.1 Å². The van der Waals surface area contributed by atoms with E-state index in [1.54, 1.807) is 12.1 Å². The molecule has 0 spiro atoms. The number of hydrogen-bond acceptors (Lipinski definition) is 3. The molecule has 1 aliphatic heterocycles. The van der Waals surface area contributed by atoms with Crippen molar-refractivity contribution in [2.75, 3.05) is 11.9 Å². The largest absolute Gasteiger partial charge is 0.478 e. The molecule has 1 aliphatic rings. The van der Waals surface area contributed by atoms with Gasteiger partial charge in [0.25, 0.3) is 0 Å². The Morgan fingerprint density at radius 1 is 1.44 bits per heavy atom. The Morgan fingerprint density at radius 3 is 2.83 bits per heavy atom. The summed E-state index contributed by atoms with van der Waals surface area (Å²) in [6.07, 6.45) is 0.811. The van der Waals surface area contributed by atoms with Crippen molar-refractivity contribution < 1.29 is 14.7 Å². The highest BCUT2D eigenvalue weighted by atomic mass is 16.4. The first-order valence-electron chi connectivity index (χ1n) is 5.95. The maximum Gasteiger partial charge on any atom is 0.335 e. The summed E-state index contributed by atoms with van der Waals surface area (Å²) in [5, 5.41) is 14.9. The van der Waals surface area contributed by atoms with E-state index in [0.717, 1.165) is 13.0 Å². The Balaban J connectivity index is 2.07. The number of hydrogen-bond donors (Lipinski definition) is 3. The second-order valence-corrected chi connectivity index (χ2v) is 4.51. The molecule has 0 radical (unpaired) electrons. The summed E-state index contributed by atoms with van der Waals surface area (Å²) in [7, 11) is 0. The lowest BCUT2D eigenvalue weighted by molar-refractivity contribution is -0.120. The van der Waals surface area contributed by atoms with E-state index < -0.39 is 5.97 Å². The Kier molecular flexibility index (Phi) is 3.62. The molecule has 1 saturated heterocycles. The van der Waals surface area contributed by atoms with Gasteiger partial charge in [-0.25, -0.2) is 4.79 Å². The van der Waals surface area contributed by atoms with E-state index in [-0.39, 0.29) is 23.4 Å². The van der Waals surface area contributed by atoms with Gasteiger partial charge in [-0.05, 0) is 38.1 Å². The number of amides is 1. The Morgan fingerprint density at radius 2 is 2.22 bits per heavy atom. The van der Waals surface area contributed by atoms with Gasteiger partial charge >= 0.3 is 5.97 Å². The zero-order valence-corrected chi connectivity index (χ0v) is 10.1. The fraction of sp³-hybridized carbons (Fsp3) is 0.385. The third kappa shape index (κ3) is 2.68. The van der Waals surface area contributed by atoms with Crippen LogP contribution in [0.15, 0.2) is 24.3 Å². The fourth-order valence-corrected chi connectivity index (χ4v) is 2.18. The number of carbonyl (C=O) groups is 2. The van der Waals surface area contributed by atoms with E-state index >= 15 is 0 Å². The minimum Gasteiger partial charge on any atom is -0.478 e. The number of aromatic carboxylic acids is 1. The molecule has 0 saturated carbocycles. The van der Waals surface area contributed by atoms with Crippen LogP contribution in [-0.4, -0.2) is 29.6 Å². The molecule has 3 N–H and O–H groups in total. The van der Waals surface area contributed by atoms with Crippen LogP contribution in [-0.2, 0) is 4.79 Å². The van der Waals surface area contributed by atoms with E-state index in [9.17, 15) is 9.59 Å². The molecule has 2 unspecified atom stereocenters. The van der Waals surface area contributed by atoms with Gasteiger partial charge < -0.3 is 15.7 Å². The maximum atomic E-state index is 12.0. The monoisotopic (exact) mass is 248 g/mol. The van der Waals surface area contributed by atoms with Crippen molar-refractivity contribution in [3.05, 3.63) is 29.8 Å². The Hall–Kier alpha value is -1.88. The van der Waals surface area contributed by atoms with Gasteiger partial charge in [0.2, 0.25) is 5.91 Å². The van der Waals surface area contributed by atoms with Gasteiger partial charge in [0, 0.05) is 11.7 Å². The SMILES string of the molecule is CC1NCCC1C(=O)Nc1cccc(C(=O)O)c1. The number of rotatable bonds is 3. The molecular formula is C13H16N2O3. The van der Waals surface area contributed by atoms with Crippen molar-refractivity contribution in [1.82, 2.24) is 5.32 Å². The van der Waals surface area contributed by atoms with Gasteiger partial charge in [0.1, 0.15) is 0 Å². The maximum absolute atomic E-state index is 12.0. The number of nitrogens with one attached hydrogen (secondary N) is 2. The van der Waals surface area contributed by atoms with Crippen LogP contribution in [0, 0.1) is 5.92 Å². The summed E-state index contributed by atoms with van der Waals surface area (Å²) >= 11 is 0. The number of carboxylic acids is 1. The molecular weight excluding hydrogens is 232 g/mol. The number of carbonyl (C=O) groups excluding carboxylic acids is 1. The molecule has 5 nitrogen and oxygen atoms in total. The number of carboxylic acid groups (broad SMARTS) is 1. The second-order valence-electron chi connectivity index (χ2n) is 4.51. The van der Waals surface area contributed by atoms with Crippen molar-refractivity contribution >= 4 is 17.6 Å². The zero-order valence-electron chi connectivity index (χ0n) is 10.1. The first kappa shape index (κ1) is 12.6. The highest BCUT2D eigenvalue weighted by molar-refractivity contribution is 5.95. The van der Waals surface area contributed by atoms with Gasteiger partial charge in [-0.15, -0.1) is 0 Å². The van der Waals surface area contributed by atoms with Gasteiger partial charge in [0.15, 0.2) is 0 Å². The van der Waals surface area contributed by atoms with Gasteiger partial charge in [-0.3, -0.25) is 4.79 Å². The van der Waals surface area contributed by atoms with E-state index in [0.29, 0.717) is 5.69 Å². The summed E-state index contributed by atoms with van der Waals surface area (Å²) in [5.41, 5.74) is 0.699. The standard InChI is InChI=1S/C13H16N2O3/c1-8-11(5-6-14-8)12(16)15-10-4-2-3-9(7-10)13(17)18/h2-4,7-8,11,14H,5-6H2,1H3,(H,15,16)(H,17,18). The average Bonchev–Trinajstić information content (AvgIpc) is 2.76. The van der Waals surface area contributed by atoms with Crippen molar-refractivity contribution in [2.24, 2.45) is 5.92 Å². The molecule has 1 fully saturated rings. The van der Waals surface area contributed by atoms with Gasteiger partial charge in [-0.1, -0.05) is 6.07 Å². The molecule has 18 heavy (non-hydrogen) atoms. The summed E-state index contributed by atoms with van der Waals surface area (Å²) in [5.74, 6) is -1.12. The molecule has 1 aromatic carbocycles. The second kappa shape index (κ2) is 5.18. The van der Waals surface area contributed by atoms with Gasteiger partial charge in [0.05, 0.1) is 11.5 Å². The minimum absolute atomic E-state index is 0.0570. The quantitative estimate of drug-likeness (QED) is 0.754. The normalized spacial score (nSPS) is 22.7. The molecule has 5 heteroatoms. The summed E-state index contributed by atoms with van der Waals surface area (Å²) < 4.78 is 0. The molecule has 1 amide bonds. The fourth-order valence-electron chi connectivity index (χ4n) is 2.18. The molecule has 0 aromatic heterocycles. The lowest BCUT2D eigenvalue weighted by Crippen LogP contribution is -2.32. The Bertz CT molecular complexity index is 473. The predicted molar refractivity (Wildman–Crippen MR) is 67.6 cm³/mol. The van der Waals surface area contributed by atoms with Crippen LogP contribution in [0.5, 0.6) is 0 Å². The van der Waals surface area contributed by atoms with E-state index in [2.05, 4.69) is 10.6 Å². The highest BCUT2D eigenvalue weighted by Gasteiger charge is 2.29. The van der Waals surface area contributed by atoms with Crippen molar-refractivity contribution in [1.29, 1.82) is 0 Å². The summed E-state index contributed by atoms with van der Waals surface area (Å²) in [4.78, 5) is 22.8. The van der Waals surface area contributed by atoms with Crippen LogP contribution in [0.1, 0.15) is 23.7 Å².